The lowest BCUT2D eigenvalue weighted by atomic mass is 10.2. The lowest BCUT2D eigenvalue weighted by molar-refractivity contribution is 0.618. The molecule has 4 rings (SSSR count). The zero-order valence-corrected chi connectivity index (χ0v) is 15.7. The van der Waals surface area contributed by atoms with Crippen LogP contribution >= 0.6 is 23.4 Å². The van der Waals surface area contributed by atoms with Gasteiger partial charge in [-0.15, -0.1) is 0 Å². The molecule has 4 aromatic rings. The lowest BCUT2D eigenvalue weighted by Gasteiger charge is -2.02. The van der Waals surface area contributed by atoms with E-state index < -0.39 is 5.82 Å². The number of halogens is 2. The topological polar surface area (TPSA) is 56.5 Å². The van der Waals surface area contributed by atoms with Crippen molar-refractivity contribution in [3.63, 3.8) is 0 Å². The van der Waals surface area contributed by atoms with Crippen LogP contribution in [0.15, 0.2) is 71.1 Å². The van der Waals surface area contributed by atoms with Gasteiger partial charge in [-0.1, -0.05) is 23.4 Å². The second kappa shape index (κ2) is 7.46. The van der Waals surface area contributed by atoms with Crippen molar-refractivity contribution in [3.8, 4) is 16.9 Å². The molecule has 0 amide bonds. The van der Waals surface area contributed by atoms with Gasteiger partial charge in [-0.05, 0) is 31.2 Å². The van der Waals surface area contributed by atoms with Gasteiger partial charge in [-0.3, -0.25) is 4.98 Å². The molecule has 0 saturated heterocycles. The van der Waals surface area contributed by atoms with Crippen LogP contribution in [0.25, 0.3) is 16.9 Å². The van der Waals surface area contributed by atoms with E-state index in [9.17, 15) is 4.39 Å². The van der Waals surface area contributed by atoms with E-state index >= 15 is 0 Å². The Kier molecular flexibility index (Phi) is 4.87. The molecule has 1 aromatic carbocycles. The normalized spacial score (nSPS) is 10.9. The van der Waals surface area contributed by atoms with Crippen molar-refractivity contribution in [3.05, 3.63) is 78.0 Å². The Morgan fingerprint density at radius 2 is 1.78 bits per heavy atom. The highest BCUT2D eigenvalue weighted by atomic mass is 35.5. The van der Waals surface area contributed by atoms with Gasteiger partial charge in [-0.2, -0.15) is 5.10 Å². The van der Waals surface area contributed by atoms with E-state index in [0.29, 0.717) is 22.2 Å². The summed E-state index contributed by atoms with van der Waals surface area (Å²) in [5.41, 5.74) is 2.02. The maximum atomic E-state index is 13.6. The summed E-state index contributed by atoms with van der Waals surface area (Å²) in [6.45, 7) is 1.82. The molecule has 0 fully saturated rings. The third-order valence-corrected chi connectivity index (χ3v) is 5.01. The van der Waals surface area contributed by atoms with Gasteiger partial charge in [0.25, 0.3) is 0 Å². The van der Waals surface area contributed by atoms with Crippen molar-refractivity contribution in [1.29, 1.82) is 0 Å². The molecule has 3 aromatic heterocycles. The largest absolute Gasteiger partial charge is 0.259 e. The summed E-state index contributed by atoms with van der Waals surface area (Å²) in [6.07, 6.45) is 8.01. The third kappa shape index (κ3) is 3.99. The predicted molar refractivity (Wildman–Crippen MR) is 103 cm³/mol. The number of hydrogen-bond acceptors (Lipinski definition) is 5. The molecular formula is C19H13ClFN5S. The first kappa shape index (κ1) is 17.6. The van der Waals surface area contributed by atoms with Crippen LogP contribution < -0.4 is 0 Å². The van der Waals surface area contributed by atoms with Crippen molar-refractivity contribution >= 4 is 23.4 Å². The van der Waals surface area contributed by atoms with Crippen LogP contribution in [0.2, 0.25) is 5.02 Å². The van der Waals surface area contributed by atoms with E-state index in [0.717, 1.165) is 21.6 Å². The van der Waals surface area contributed by atoms with Crippen molar-refractivity contribution in [2.75, 3.05) is 0 Å². The quantitative estimate of drug-likeness (QED) is 0.486. The Morgan fingerprint density at radius 3 is 2.48 bits per heavy atom. The highest BCUT2D eigenvalue weighted by Gasteiger charge is 2.15. The molecule has 0 unspecified atom stereocenters. The first-order chi connectivity index (χ1) is 13.1. The van der Waals surface area contributed by atoms with E-state index in [2.05, 4.69) is 20.1 Å². The van der Waals surface area contributed by atoms with E-state index in [1.54, 1.807) is 23.3 Å². The van der Waals surface area contributed by atoms with E-state index in [1.807, 2.05) is 37.4 Å². The van der Waals surface area contributed by atoms with Crippen LogP contribution in [0.3, 0.4) is 0 Å². The average Bonchev–Trinajstić information content (AvgIpc) is 3.08. The Bertz CT molecular complexity index is 1080. The molecule has 8 heteroatoms. The Labute approximate surface area is 164 Å². The maximum Gasteiger partial charge on any atom is 0.143 e. The minimum Gasteiger partial charge on any atom is -0.259 e. The van der Waals surface area contributed by atoms with Crippen LogP contribution in [-0.4, -0.2) is 24.7 Å². The molecule has 0 bridgehead atoms. The molecule has 0 atom stereocenters. The average molecular weight is 398 g/mol. The van der Waals surface area contributed by atoms with Gasteiger partial charge in [0.05, 0.1) is 23.0 Å². The van der Waals surface area contributed by atoms with Gasteiger partial charge >= 0.3 is 0 Å². The summed E-state index contributed by atoms with van der Waals surface area (Å²) in [6, 6.07) is 8.91. The van der Waals surface area contributed by atoms with Crippen molar-refractivity contribution in [2.24, 2.45) is 0 Å². The molecular weight excluding hydrogens is 385 g/mol. The predicted octanol–water partition coefficient (Wildman–Crippen LogP) is 4.98. The number of aromatic nitrogens is 5. The molecule has 27 heavy (non-hydrogen) atoms. The van der Waals surface area contributed by atoms with Crippen LogP contribution in [0.4, 0.5) is 4.39 Å². The first-order valence-electron chi connectivity index (χ1n) is 8.01. The highest BCUT2D eigenvalue weighted by molar-refractivity contribution is 7.99. The Morgan fingerprint density at radius 1 is 1.04 bits per heavy atom. The summed E-state index contributed by atoms with van der Waals surface area (Å²) >= 11 is 7.50. The van der Waals surface area contributed by atoms with Gasteiger partial charge in [0, 0.05) is 40.1 Å². The molecule has 0 saturated carbocycles. The number of benzene rings is 1. The van der Waals surface area contributed by atoms with Crippen molar-refractivity contribution < 1.29 is 4.39 Å². The standard InChI is InChI=1S/C19H13ClFN5S/c1-12-23-7-13(8-24-12)19-18(27-17-4-2-14(20)3-5-17)11-26(25-19)16-6-15(21)9-22-10-16/h2-11H,1H3. The van der Waals surface area contributed by atoms with Crippen LogP contribution in [0.5, 0.6) is 0 Å². The van der Waals surface area contributed by atoms with Crippen molar-refractivity contribution in [1.82, 2.24) is 24.7 Å². The van der Waals surface area contributed by atoms with Gasteiger partial charge < -0.3 is 0 Å². The van der Waals surface area contributed by atoms with Gasteiger partial charge in [-0.25, -0.2) is 19.0 Å². The smallest absolute Gasteiger partial charge is 0.143 e. The monoisotopic (exact) mass is 397 g/mol. The van der Waals surface area contributed by atoms with Gasteiger partial charge in [0.15, 0.2) is 0 Å². The lowest BCUT2D eigenvalue weighted by Crippen LogP contribution is -1.97. The zero-order valence-electron chi connectivity index (χ0n) is 14.2. The zero-order chi connectivity index (χ0) is 18.8. The summed E-state index contributed by atoms with van der Waals surface area (Å²) < 4.78 is 15.2. The molecule has 3 heterocycles. The molecule has 134 valence electrons. The van der Waals surface area contributed by atoms with Gasteiger partial charge in [0.2, 0.25) is 0 Å². The number of aryl methyl sites for hydroxylation is 1. The van der Waals surface area contributed by atoms with Crippen LogP contribution in [-0.2, 0) is 0 Å². The van der Waals surface area contributed by atoms with Gasteiger partial charge in [0.1, 0.15) is 17.3 Å². The second-order valence-corrected chi connectivity index (χ2v) is 7.27. The minimum atomic E-state index is -0.421. The number of nitrogens with zero attached hydrogens (tertiary/aromatic N) is 5. The number of hydrogen-bond donors (Lipinski definition) is 0. The molecule has 0 spiro atoms. The molecule has 0 aliphatic rings. The second-order valence-electron chi connectivity index (χ2n) is 5.72. The molecule has 5 nitrogen and oxygen atoms in total. The summed E-state index contributed by atoms with van der Waals surface area (Å²) in [7, 11) is 0. The van der Waals surface area contributed by atoms with Crippen LogP contribution in [0.1, 0.15) is 5.82 Å². The first-order valence-corrected chi connectivity index (χ1v) is 9.21. The minimum absolute atomic E-state index is 0.421. The fourth-order valence-corrected chi connectivity index (χ4v) is 3.50. The maximum absolute atomic E-state index is 13.6. The SMILES string of the molecule is Cc1ncc(-c2nn(-c3cncc(F)c3)cc2Sc2ccc(Cl)cc2)cn1. The molecule has 0 N–H and O–H groups in total. The van der Waals surface area contributed by atoms with E-state index in [-0.39, 0.29) is 0 Å². The Hall–Kier alpha value is -2.77. The number of rotatable bonds is 4. The van der Waals surface area contributed by atoms with E-state index in [1.165, 1.54) is 17.8 Å². The van der Waals surface area contributed by atoms with Crippen molar-refractivity contribution in [2.45, 2.75) is 16.7 Å². The third-order valence-electron chi connectivity index (χ3n) is 3.73. The summed E-state index contributed by atoms with van der Waals surface area (Å²) in [5, 5.41) is 5.29. The van der Waals surface area contributed by atoms with E-state index in [4.69, 9.17) is 11.6 Å². The number of pyridine rings is 1. The molecule has 0 aliphatic carbocycles. The summed E-state index contributed by atoms with van der Waals surface area (Å²) in [4.78, 5) is 14.3. The summed E-state index contributed by atoms with van der Waals surface area (Å²) in [5.74, 6) is 0.259. The fraction of sp³-hybridized carbons (Fsp3) is 0.0526. The van der Waals surface area contributed by atoms with Crippen LogP contribution in [0, 0.1) is 12.7 Å². The fourth-order valence-electron chi connectivity index (χ4n) is 2.44. The highest BCUT2D eigenvalue weighted by Crippen LogP contribution is 2.36. The molecule has 0 aliphatic heterocycles. The Balaban J connectivity index is 1.79. The molecule has 0 radical (unpaired) electrons.